The van der Waals surface area contributed by atoms with Crippen LogP contribution in [0.2, 0.25) is 0 Å². The summed E-state index contributed by atoms with van der Waals surface area (Å²) < 4.78 is 4.98. The molecule has 0 bridgehead atoms. The highest BCUT2D eigenvalue weighted by Gasteiger charge is 2.24. The van der Waals surface area contributed by atoms with E-state index in [0.29, 0.717) is 13.0 Å². The largest absolute Gasteiger partial charge is 0.496 e. The molecule has 0 atom stereocenters. The summed E-state index contributed by atoms with van der Waals surface area (Å²) in [6, 6.07) is 4.25. The summed E-state index contributed by atoms with van der Waals surface area (Å²) in [5, 5.41) is 13.5. The number of ether oxygens (including phenoxy) is 1. The van der Waals surface area contributed by atoms with Crippen molar-refractivity contribution in [3.63, 3.8) is 0 Å². The molecule has 1 rings (SSSR count). The van der Waals surface area contributed by atoms with Crippen molar-refractivity contribution in [1.82, 2.24) is 5.32 Å². The van der Waals surface area contributed by atoms with Gasteiger partial charge in [0.15, 0.2) is 5.56 Å². The zero-order valence-electron chi connectivity index (χ0n) is 10.0. The molecule has 1 N–H and O–H groups in total. The smallest absolute Gasteiger partial charge is 0.285 e. The number of rotatable bonds is 6. The third kappa shape index (κ3) is 3.07. The minimum absolute atomic E-state index is 0.0611. The number of hydrogen-bond donors (Lipinski definition) is 1. The summed E-state index contributed by atoms with van der Waals surface area (Å²) in [6.07, 6.45) is 2.24. The van der Waals surface area contributed by atoms with Crippen molar-refractivity contribution < 1.29 is 14.5 Å². The van der Waals surface area contributed by atoms with Crippen LogP contribution in [-0.2, 0) is 0 Å². The van der Waals surface area contributed by atoms with Gasteiger partial charge in [-0.1, -0.05) is 12.1 Å². The lowest BCUT2D eigenvalue weighted by atomic mass is 10.1. The van der Waals surface area contributed by atoms with Crippen molar-refractivity contribution in [2.75, 3.05) is 13.7 Å². The Bertz CT molecular complexity index is 471. The third-order valence-corrected chi connectivity index (χ3v) is 2.28. The predicted molar refractivity (Wildman–Crippen MR) is 66.8 cm³/mol. The van der Waals surface area contributed by atoms with Crippen molar-refractivity contribution in [1.29, 1.82) is 0 Å². The molecule has 1 amide bonds. The van der Waals surface area contributed by atoms with E-state index in [1.165, 1.54) is 25.3 Å². The molecular weight excluding hydrogens is 236 g/mol. The Balaban J connectivity index is 3.07. The van der Waals surface area contributed by atoms with Gasteiger partial charge in [-0.2, -0.15) is 0 Å². The fraction of sp³-hybridized carbons (Fsp3) is 0.250. The van der Waals surface area contributed by atoms with Crippen molar-refractivity contribution >= 4 is 11.6 Å². The molecule has 1 aromatic carbocycles. The van der Waals surface area contributed by atoms with Crippen LogP contribution in [-0.4, -0.2) is 24.5 Å². The number of nitrogens with zero attached hydrogens (tertiary/aromatic N) is 1. The van der Waals surface area contributed by atoms with Gasteiger partial charge in [0.05, 0.1) is 12.0 Å². The first-order chi connectivity index (χ1) is 8.61. The average Bonchev–Trinajstić information content (AvgIpc) is 2.37. The molecule has 0 aliphatic rings. The average molecular weight is 250 g/mol. The summed E-state index contributed by atoms with van der Waals surface area (Å²) >= 11 is 0. The number of benzene rings is 1. The lowest BCUT2D eigenvalue weighted by Crippen LogP contribution is -2.25. The van der Waals surface area contributed by atoms with Crippen LogP contribution in [0.4, 0.5) is 5.69 Å². The summed E-state index contributed by atoms with van der Waals surface area (Å²) in [7, 11) is 1.36. The van der Waals surface area contributed by atoms with E-state index < -0.39 is 10.8 Å². The summed E-state index contributed by atoms with van der Waals surface area (Å²) in [6.45, 7) is 3.90. The van der Waals surface area contributed by atoms with Gasteiger partial charge in [-0.25, -0.2) is 0 Å². The maximum atomic E-state index is 11.9. The van der Waals surface area contributed by atoms with Crippen LogP contribution in [0.3, 0.4) is 0 Å². The van der Waals surface area contributed by atoms with Gasteiger partial charge >= 0.3 is 0 Å². The van der Waals surface area contributed by atoms with Crippen LogP contribution in [0.25, 0.3) is 0 Å². The van der Waals surface area contributed by atoms with E-state index >= 15 is 0 Å². The van der Waals surface area contributed by atoms with E-state index in [2.05, 4.69) is 11.9 Å². The second-order valence-electron chi connectivity index (χ2n) is 3.44. The summed E-state index contributed by atoms with van der Waals surface area (Å²) in [5.74, 6) is -0.346. The zero-order valence-corrected chi connectivity index (χ0v) is 10.0. The van der Waals surface area contributed by atoms with Gasteiger partial charge < -0.3 is 10.1 Å². The summed E-state index contributed by atoms with van der Waals surface area (Å²) in [4.78, 5) is 22.2. The van der Waals surface area contributed by atoms with Crippen LogP contribution in [0.15, 0.2) is 30.9 Å². The Kier molecular flexibility index (Phi) is 4.86. The van der Waals surface area contributed by atoms with Gasteiger partial charge in [0.25, 0.3) is 11.6 Å². The van der Waals surface area contributed by atoms with Gasteiger partial charge in [-0.3, -0.25) is 14.9 Å². The third-order valence-electron chi connectivity index (χ3n) is 2.28. The van der Waals surface area contributed by atoms with Gasteiger partial charge in [0.1, 0.15) is 5.75 Å². The molecule has 0 aliphatic carbocycles. The number of methoxy groups -OCH3 is 1. The fourth-order valence-electron chi connectivity index (χ4n) is 1.45. The Hall–Kier alpha value is -2.37. The van der Waals surface area contributed by atoms with E-state index in [9.17, 15) is 14.9 Å². The highest BCUT2D eigenvalue weighted by Crippen LogP contribution is 2.27. The van der Waals surface area contributed by atoms with Crippen LogP contribution in [0, 0.1) is 10.1 Å². The summed E-state index contributed by atoms with van der Waals surface area (Å²) in [5.41, 5.74) is -0.334. The molecule has 0 aliphatic heterocycles. The number of amides is 1. The maximum Gasteiger partial charge on any atom is 0.285 e. The lowest BCUT2D eigenvalue weighted by molar-refractivity contribution is -0.385. The monoisotopic (exact) mass is 250 g/mol. The molecule has 18 heavy (non-hydrogen) atoms. The van der Waals surface area contributed by atoms with E-state index in [1.54, 1.807) is 6.08 Å². The topological polar surface area (TPSA) is 81.5 Å². The Morgan fingerprint density at radius 3 is 2.89 bits per heavy atom. The number of nitrogens with one attached hydrogen (secondary N) is 1. The van der Waals surface area contributed by atoms with Gasteiger partial charge in [0.2, 0.25) is 0 Å². The van der Waals surface area contributed by atoms with E-state index in [-0.39, 0.29) is 17.0 Å². The lowest BCUT2D eigenvalue weighted by Gasteiger charge is -2.08. The first kappa shape index (κ1) is 13.7. The fourth-order valence-corrected chi connectivity index (χ4v) is 1.45. The van der Waals surface area contributed by atoms with Gasteiger partial charge in [-0.15, -0.1) is 6.58 Å². The molecule has 0 radical (unpaired) electrons. The molecule has 6 nitrogen and oxygen atoms in total. The van der Waals surface area contributed by atoms with Crippen LogP contribution in [0.1, 0.15) is 16.8 Å². The first-order valence-electron chi connectivity index (χ1n) is 5.32. The van der Waals surface area contributed by atoms with Crippen LogP contribution in [0.5, 0.6) is 5.75 Å². The number of nitro groups is 1. The predicted octanol–water partition coefficient (Wildman–Crippen LogP) is 1.91. The van der Waals surface area contributed by atoms with Crippen LogP contribution < -0.4 is 10.1 Å². The Morgan fingerprint density at radius 2 is 2.33 bits per heavy atom. The van der Waals surface area contributed by atoms with Crippen molar-refractivity contribution in [3.8, 4) is 5.75 Å². The molecule has 6 heteroatoms. The maximum absolute atomic E-state index is 11.9. The normalized spacial score (nSPS) is 9.61. The van der Waals surface area contributed by atoms with Crippen LogP contribution >= 0.6 is 0 Å². The second kappa shape index (κ2) is 6.39. The highest BCUT2D eigenvalue weighted by molar-refractivity contribution is 6.00. The zero-order chi connectivity index (χ0) is 13.5. The minimum atomic E-state index is -0.606. The number of hydrogen-bond acceptors (Lipinski definition) is 4. The molecule has 1 aromatic rings. The number of carbonyl (C=O) groups is 1. The van der Waals surface area contributed by atoms with Gasteiger partial charge in [-0.05, 0) is 12.5 Å². The SMILES string of the molecule is C=CCCNC(=O)c1c(OC)cccc1[N+](=O)[O-]. The molecule has 0 saturated carbocycles. The molecule has 0 saturated heterocycles. The molecule has 0 aromatic heterocycles. The van der Waals surface area contributed by atoms with Gasteiger partial charge in [0, 0.05) is 12.6 Å². The Labute approximate surface area is 104 Å². The van der Waals surface area contributed by atoms with E-state index in [1.807, 2.05) is 0 Å². The molecule has 0 spiro atoms. The van der Waals surface area contributed by atoms with E-state index in [4.69, 9.17) is 4.74 Å². The van der Waals surface area contributed by atoms with Crippen molar-refractivity contribution in [2.45, 2.75) is 6.42 Å². The highest BCUT2D eigenvalue weighted by atomic mass is 16.6. The number of nitro benzene ring substituents is 1. The van der Waals surface area contributed by atoms with Crippen molar-refractivity contribution in [3.05, 3.63) is 46.5 Å². The molecular formula is C12H14N2O4. The standard InChI is InChI=1S/C12H14N2O4/c1-3-4-8-13-12(15)11-9(14(16)17)6-5-7-10(11)18-2/h3,5-7H,1,4,8H2,2H3,(H,13,15). The van der Waals surface area contributed by atoms with E-state index in [0.717, 1.165) is 0 Å². The number of carbonyl (C=O) groups excluding carboxylic acids is 1. The quantitative estimate of drug-likeness (QED) is 0.362. The minimum Gasteiger partial charge on any atom is -0.496 e. The molecule has 0 heterocycles. The first-order valence-corrected chi connectivity index (χ1v) is 5.32. The molecule has 0 fully saturated rings. The molecule has 96 valence electrons. The van der Waals surface area contributed by atoms with Crippen molar-refractivity contribution in [2.24, 2.45) is 0 Å². The second-order valence-corrected chi connectivity index (χ2v) is 3.44. The molecule has 0 unspecified atom stereocenters. The Morgan fingerprint density at radius 1 is 1.61 bits per heavy atom.